The number of hydrogen-bond acceptors (Lipinski definition) is 2. The number of carbonyl (C=O) groups excluding carboxylic acids is 1. The van der Waals surface area contributed by atoms with Gasteiger partial charge in [0.15, 0.2) is 0 Å². The molecule has 4 heteroatoms. The summed E-state index contributed by atoms with van der Waals surface area (Å²) in [6.07, 6.45) is 2.11. The first-order chi connectivity index (χ1) is 3.69. The summed E-state index contributed by atoms with van der Waals surface area (Å²) < 4.78 is 4.59. The molecule has 0 N–H and O–H groups in total. The molecule has 0 heterocycles. The van der Waals surface area contributed by atoms with Gasteiger partial charge in [0.05, 0.1) is 0 Å². The van der Waals surface area contributed by atoms with Crippen molar-refractivity contribution >= 4 is 5.97 Å². The molecule has 0 amide bonds. The summed E-state index contributed by atoms with van der Waals surface area (Å²) in [7, 11) is 1.46. The van der Waals surface area contributed by atoms with Gasteiger partial charge in [0, 0.05) is 0 Å². The summed E-state index contributed by atoms with van der Waals surface area (Å²) in [6.45, 7) is 0. The third-order valence-corrected chi connectivity index (χ3v) is 3.56. The molecule has 0 radical (unpaired) electrons. The summed E-state index contributed by atoms with van der Waals surface area (Å²) >= 11 is 1.06. The third kappa shape index (κ3) is 2.01. The van der Waals surface area contributed by atoms with Crippen molar-refractivity contribution in [2.75, 3.05) is 7.11 Å². The number of hydrogen-bond donors (Lipinski definition) is 0. The maximum absolute atomic E-state index is 10.7. The normalized spacial score (nSPS) is 19.9. The van der Waals surface area contributed by atoms with Crippen molar-refractivity contribution in [1.82, 2.24) is 0 Å². The van der Waals surface area contributed by atoms with Gasteiger partial charge in [-0.05, 0) is 0 Å². The molecule has 0 bridgehead atoms. The van der Waals surface area contributed by atoms with Gasteiger partial charge >= 0.3 is 57.8 Å². The van der Waals surface area contributed by atoms with Crippen LogP contribution in [0.5, 0.6) is 0 Å². The fourth-order valence-electron chi connectivity index (χ4n) is 0.572. The Hall–Kier alpha value is 0.573. The molecule has 9 heavy (non-hydrogen) atoms. The van der Waals surface area contributed by atoms with Crippen LogP contribution in [0.1, 0.15) is 12.8 Å². The summed E-state index contributed by atoms with van der Waals surface area (Å²) in [5.74, 6) is -0.00231. The van der Waals surface area contributed by atoms with Crippen LogP contribution in [0.25, 0.3) is 0 Å². The fourth-order valence-corrected chi connectivity index (χ4v) is 1.25. The zero-order valence-electron chi connectivity index (χ0n) is 5.32. The minimum Gasteiger partial charge on any atom is -1.00 e. The van der Waals surface area contributed by atoms with E-state index in [1.54, 1.807) is 0 Å². The van der Waals surface area contributed by atoms with E-state index in [1.807, 2.05) is 0 Å². The van der Waals surface area contributed by atoms with Gasteiger partial charge in [-0.25, -0.2) is 0 Å². The fraction of sp³-hybridized carbons (Fsp3) is 0.800. The van der Waals surface area contributed by atoms with Crippen molar-refractivity contribution in [1.29, 1.82) is 0 Å². The predicted molar refractivity (Wildman–Crippen MR) is 23.9 cm³/mol. The summed E-state index contributed by atoms with van der Waals surface area (Å²) in [6, 6.07) is 0. The van der Waals surface area contributed by atoms with Gasteiger partial charge in [0.1, 0.15) is 0 Å². The van der Waals surface area contributed by atoms with Crippen molar-refractivity contribution in [2.45, 2.75) is 16.9 Å². The Morgan fingerprint density at radius 2 is 2.11 bits per heavy atom. The minimum atomic E-state index is -0.00231. The Balaban J connectivity index is 0.000000640. The Kier molecular flexibility index (Phi) is 3.31. The Morgan fingerprint density at radius 1 is 1.67 bits per heavy atom. The molecule has 0 aliphatic heterocycles. The van der Waals surface area contributed by atoms with Gasteiger partial charge in [0.2, 0.25) is 0 Å². The molecule has 1 fully saturated rings. The predicted octanol–water partition coefficient (Wildman–Crippen LogP) is -2.34. The van der Waals surface area contributed by atoms with Crippen LogP contribution in [0, 0.1) is 0 Å². The summed E-state index contributed by atoms with van der Waals surface area (Å²) in [4.78, 5) is 10.7. The number of methoxy groups -OCH3 is 1. The molecular formula is C5H7BrO2Zn. The number of carbonyl (C=O) groups is 1. The standard InChI is InChI=1S/C5H7O2.BrH.Zn/c1-7-5(6)4-2-3-4;;/h2-3H2,1H3;1H;/q;;+1/p-1. The monoisotopic (exact) mass is 242 g/mol. The van der Waals surface area contributed by atoms with Gasteiger partial charge in [0.25, 0.3) is 0 Å². The SMILES string of the molecule is COC(=O)[C]1([Zn+])CC1.[Br-]. The molecule has 0 saturated heterocycles. The quantitative estimate of drug-likeness (QED) is 0.382. The molecule has 1 rings (SSSR count). The van der Waals surface area contributed by atoms with Crippen LogP contribution in [-0.2, 0) is 27.8 Å². The van der Waals surface area contributed by atoms with E-state index < -0.39 is 0 Å². The van der Waals surface area contributed by atoms with Gasteiger partial charge in [-0.2, -0.15) is 0 Å². The van der Waals surface area contributed by atoms with Crippen molar-refractivity contribution in [3.63, 3.8) is 0 Å². The molecule has 2 nitrogen and oxygen atoms in total. The molecule has 1 saturated carbocycles. The molecule has 0 aromatic heterocycles. The number of halogens is 1. The van der Waals surface area contributed by atoms with E-state index in [-0.39, 0.29) is 27.0 Å². The maximum atomic E-state index is 10.7. The molecule has 0 spiro atoms. The topological polar surface area (TPSA) is 26.3 Å². The van der Waals surface area contributed by atoms with Crippen molar-refractivity contribution in [3.8, 4) is 0 Å². The molecular weight excluding hydrogens is 237 g/mol. The Bertz CT molecular complexity index is 122. The molecule has 0 atom stereocenters. The zero-order chi connectivity index (χ0) is 6.20. The second kappa shape index (κ2) is 3.11. The van der Waals surface area contributed by atoms with Crippen molar-refractivity contribution < 1.29 is 44.8 Å². The van der Waals surface area contributed by atoms with Gasteiger partial charge < -0.3 is 17.0 Å². The second-order valence-corrected chi connectivity index (χ2v) is 5.11. The zero-order valence-corrected chi connectivity index (χ0v) is 9.87. The smallest absolute Gasteiger partial charge is 1.00 e. The maximum Gasteiger partial charge on any atom is -1.00 e. The summed E-state index contributed by atoms with van der Waals surface area (Å²) in [5.41, 5.74) is 0. The minimum absolute atomic E-state index is 0. The molecule has 0 aromatic carbocycles. The Morgan fingerprint density at radius 3 is 2.22 bits per heavy atom. The number of ether oxygens (including phenoxy) is 1. The third-order valence-electron chi connectivity index (χ3n) is 1.47. The van der Waals surface area contributed by atoms with Crippen LogP contribution in [0.15, 0.2) is 0 Å². The van der Waals surface area contributed by atoms with E-state index in [4.69, 9.17) is 0 Å². The van der Waals surface area contributed by atoms with E-state index in [1.165, 1.54) is 7.11 Å². The molecule has 1 aliphatic rings. The molecule has 0 aromatic rings. The average Bonchev–Trinajstić information content (AvgIpc) is 2.47. The van der Waals surface area contributed by atoms with Crippen LogP contribution >= 0.6 is 0 Å². The van der Waals surface area contributed by atoms with Crippen LogP contribution in [0.4, 0.5) is 0 Å². The second-order valence-electron chi connectivity index (χ2n) is 2.27. The first kappa shape index (κ1) is 9.57. The van der Waals surface area contributed by atoms with Gasteiger partial charge in [-0.3, -0.25) is 0 Å². The van der Waals surface area contributed by atoms with Crippen molar-refractivity contribution in [3.05, 3.63) is 0 Å². The van der Waals surface area contributed by atoms with E-state index in [0.717, 1.165) is 31.1 Å². The largest absolute Gasteiger partial charge is 1.00 e. The van der Waals surface area contributed by atoms with E-state index in [0.29, 0.717) is 0 Å². The number of rotatable bonds is 1. The van der Waals surface area contributed by atoms with E-state index >= 15 is 0 Å². The molecule has 1 aliphatic carbocycles. The first-order valence-electron chi connectivity index (χ1n) is 2.63. The van der Waals surface area contributed by atoms with E-state index in [9.17, 15) is 4.79 Å². The summed E-state index contributed by atoms with van der Waals surface area (Å²) in [5, 5.41) is 0. The van der Waals surface area contributed by atoms with E-state index in [2.05, 4.69) is 4.74 Å². The first-order valence-corrected chi connectivity index (χ1v) is 4.11. The number of esters is 1. The van der Waals surface area contributed by atoms with Crippen LogP contribution in [0.3, 0.4) is 0 Å². The van der Waals surface area contributed by atoms with Crippen LogP contribution in [0.2, 0.25) is 4.01 Å². The Labute approximate surface area is 74.8 Å². The molecule has 48 valence electrons. The van der Waals surface area contributed by atoms with Crippen molar-refractivity contribution in [2.24, 2.45) is 0 Å². The van der Waals surface area contributed by atoms with Gasteiger partial charge in [-0.1, -0.05) is 0 Å². The average molecular weight is 244 g/mol. The molecule has 0 unspecified atom stereocenters. The van der Waals surface area contributed by atoms with Crippen LogP contribution < -0.4 is 17.0 Å². The van der Waals surface area contributed by atoms with Crippen LogP contribution in [-0.4, -0.2) is 13.1 Å². The van der Waals surface area contributed by atoms with Gasteiger partial charge in [-0.15, -0.1) is 0 Å².